The zero-order chi connectivity index (χ0) is 16.8. The third-order valence-electron chi connectivity index (χ3n) is 2.82. The van der Waals surface area contributed by atoms with Gasteiger partial charge in [0.25, 0.3) is 0 Å². The normalized spacial score (nSPS) is 12.3. The average molecular weight is 327 g/mol. The molecule has 22 heavy (non-hydrogen) atoms. The largest absolute Gasteiger partial charge is 0.354 e. The predicted octanol–water partition coefficient (Wildman–Crippen LogP) is 1.13. The van der Waals surface area contributed by atoms with Crippen LogP contribution in [-0.2, 0) is 14.6 Å². The van der Waals surface area contributed by atoms with Gasteiger partial charge in [0.1, 0.15) is 6.04 Å². The molecule has 1 atom stereocenters. The van der Waals surface area contributed by atoms with E-state index in [4.69, 9.17) is 0 Å². The number of urea groups is 1. The van der Waals surface area contributed by atoms with Gasteiger partial charge >= 0.3 is 6.03 Å². The summed E-state index contributed by atoms with van der Waals surface area (Å²) in [6.07, 6.45) is 1.86. The van der Waals surface area contributed by atoms with Crippen molar-refractivity contribution in [2.75, 3.05) is 18.1 Å². The molecule has 1 unspecified atom stereocenters. The highest BCUT2D eigenvalue weighted by molar-refractivity contribution is 7.90. The first-order chi connectivity index (χ1) is 10.3. The summed E-state index contributed by atoms with van der Waals surface area (Å²) in [5.41, 5.74) is 0.170. The molecular weight excluding hydrogens is 306 g/mol. The Labute approximate surface area is 130 Å². The lowest BCUT2D eigenvalue weighted by atomic mass is 10.3. The molecule has 0 fully saturated rings. The first-order valence-corrected chi connectivity index (χ1v) is 8.79. The second kappa shape index (κ2) is 7.79. The summed E-state index contributed by atoms with van der Waals surface area (Å²) in [5, 5.41) is 7.57. The molecule has 0 aromatic heterocycles. The second-order valence-electron chi connectivity index (χ2n) is 4.88. The predicted molar refractivity (Wildman–Crippen MR) is 84.5 cm³/mol. The van der Waals surface area contributed by atoms with Crippen molar-refractivity contribution in [2.24, 2.45) is 0 Å². The van der Waals surface area contributed by atoms with Crippen LogP contribution in [0, 0.1) is 0 Å². The Bertz CT molecular complexity index is 643. The quantitative estimate of drug-likeness (QED) is 0.728. The molecule has 0 saturated heterocycles. The Morgan fingerprint density at radius 3 is 2.45 bits per heavy atom. The van der Waals surface area contributed by atoms with Crippen LogP contribution in [0.25, 0.3) is 0 Å². The Morgan fingerprint density at radius 2 is 1.86 bits per heavy atom. The zero-order valence-corrected chi connectivity index (χ0v) is 13.7. The fourth-order valence-electron chi connectivity index (χ4n) is 1.72. The van der Waals surface area contributed by atoms with E-state index >= 15 is 0 Å². The summed E-state index contributed by atoms with van der Waals surface area (Å²) in [5.74, 6) is -0.298. The van der Waals surface area contributed by atoms with E-state index in [1.807, 2.05) is 6.92 Å². The highest BCUT2D eigenvalue weighted by Crippen LogP contribution is 2.20. The van der Waals surface area contributed by atoms with E-state index in [1.165, 1.54) is 12.1 Å². The molecule has 0 spiro atoms. The number of benzene rings is 1. The molecule has 3 N–H and O–H groups in total. The Morgan fingerprint density at radius 1 is 1.23 bits per heavy atom. The molecule has 0 radical (unpaired) electrons. The van der Waals surface area contributed by atoms with Crippen LogP contribution in [0.2, 0.25) is 0 Å². The maximum absolute atomic E-state index is 11.9. The molecule has 0 bridgehead atoms. The minimum Gasteiger partial charge on any atom is -0.354 e. The minimum absolute atomic E-state index is 0.0215. The zero-order valence-electron chi connectivity index (χ0n) is 12.8. The SMILES string of the molecule is CCCNC(=O)C(C)NC(=O)Nc1ccccc1S(C)(=O)=O. The third kappa shape index (κ3) is 5.36. The Balaban J connectivity index is 2.72. The highest BCUT2D eigenvalue weighted by Gasteiger charge is 2.17. The first-order valence-electron chi connectivity index (χ1n) is 6.90. The van der Waals surface area contributed by atoms with Crippen molar-refractivity contribution < 1.29 is 18.0 Å². The Hall–Kier alpha value is -2.09. The molecule has 0 aliphatic carbocycles. The second-order valence-corrected chi connectivity index (χ2v) is 6.86. The summed E-state index contributed by atoms with van der Waals surface area (Å²) in [6.45, 7) is 4.00. The molecular formula is C14H21N3O4S. The third-order valence-corrected chi connectivity index (χ3v) is 3.98. The number of hydrogen-bond donors (Lipinski definition) is 3. The monoisotopic (exact) mass is 327 g/mol. The van der Waals surface area contributed by atoms with Gasteiger partial charge in [0, 0.05) is 12.8 Å². The van der Waals surface area contributed by atoms with Gasteiger partial charge in [-0.3, -0.25) is 4.79 Å². The minimum atomic E-state index is -3.46. The lowest BCUT2D eigenvalue weighted by Gasteiger charge is -2.15. The van der Waals surface area contributed by atoms with Crippen LogP contribution in [-0.4, -0.2) is 39.2 Å². The lowest BCUT2D eigenvalue weighted by molar-refractivity contribution is -0.122. The maximum atomic E-state index is 11.9. The van der Waals surface area contributed by atoms with Crippen LogP contribution >= 0.6 is 0 Å². The number of nitrogens with one attached hydrogen (secondary N) is 3. The van der Waals surface area contributed by atoms with E-state index in [0.29, 0.717) is 6.54 Å². The van der Waals surface area contributed by atoms with E-state index in [9.17, 15) is 18.0 Å². The van der Waals surface area contributed by atoms with Crippen molar-refractivity contribution in [1.29, 1.82) is 0 Å². The van der Waals surface area contributed by atoms with Crippen molar-refractivity contribution >= 4 is 27.5 Å². The average Bonchev–Trinajstić information content (AvgIpc) is 2.43. The fourth-order valence-corrected chi connectivity index (χ4v) is 2.56. The van der Waals surface area contributed by atoms with Crippen molar-refractivity contribution in [3.8, 4) is 0 Å². The number of rotatable bonds is 6. The number of anilines is 1. The van der Waals surface area contributed by atoms with Crippen molar-refractivity contribution in [3.05, 3.63) is 24.3 Å². The highest BCUT2D eigenvalue weighted by atomic mass is 32.2. The van der Waals surface area contributed by atoms with Gasteiger partial charge in [-0.2, -0.15) is 0 Å². The Kier molecular flexibility index (Phi) is 6.36. The number of carbonyl (C=O) groups is 2. The van der Waals surface area contributed by atoms with E-state index in [1.54, 1.807) is 19.1 Å². The number of amides is 3. The van der Waals surface area contributed by atoms with E-state index in [0.717, 1.165) is 12.7 Å². The van der Waals surface area contributed by atoms with Crippen LogP contribution in [0.1, 0.15) is 20.3 Å². The van der Waals surface area contributed by atoms with Crippen LogP contribution in [0.4, 0.5) is 10.5 Å². The molecule has 1 aromatic carbocycles. The van der Waals surface area contributed by atoms with E-state index < -0.39 is 21.9 Å². The molecule has 7 nitrogen and oxygen atoms in total. The van der Waals surface area contributed by atoms with Crippen molar-refractivity contribution in [2.45, 2.75) is 31.2 Å². The van der Waals surface area contributed by atoms with Gasteiger partial charge in [0.05, 0.1) is 10.6 Å². The first kappa shape index (κ1) is 18.0. The fraction of sp³-hybridized carbons (Fsp3) is 0.429. The molecule has 122 valence electrons. The van der Waals surface area contributed by atoms with Crippen molar-refractivity contribution in [3.63, 3.8) is 0 Å². The summed E-state index contributed by atoms with van der Waals surface area (Å²) in [6, 6.07) is 4.70. The summed E-state index contributed by atoms with van der Waals surface area (Å²) in [7, 11) is -3.46. The molecule has 1 rings (SSSR count). The van der Waals surface area contributed by atoms with Crippen LogP contribution < -0.4 is 16.0 Å². The molecule has 0 saturated carbocycles. The molecule has 3 amide bonds. The van der Waals surface area contributed by atoms with Crippen LogP contribution in [0.5, 0.6) is 0 Å². The summed E-state index contributed by atoms with van der Waals surface area (Å²) >= 11 is 0. The molecule has 0 aliphatic rings. The van der Waals surface area contributed by atoms with E-state index in [-0.39, 0.29) is 16.5 Å². The van der Waals surface area contributed by atoms with Crippen LogP contribution in [0.3, 0.4) is 0 Å². The van der Waals surface area contributed by atoms with E-state index in [2.05, 4.69) is 16.0 Å². The number of hydrogen-bond acceptors (Lipinski definition) is 4. The molecule has 0 heterocycles. The van der Waals surface area contributed by atoms with Gasteiger partial charge in [-0.25, -0.2) is 13.2 Å². The standard InChI is InChI=1S/C14H21N3O4S/c1-4-9-15-13(18)10(2)16-14(19)17-11-7-5-6-8-12(11)22(3,20)21/h5-8,10H,4,9H2,1-3H3,(H,15,18)(H2,16,17,19). The molecule has 8 heteroatoms. The smallest absolute Gasteiger partial charge is 0.319 e. The molecule has 1 aromatic rings. The number of sulfone groups is 1. The van der Waals surface area contributed by atoms with Crippen molar-refractivity contribution in [1.82, 2.24) is 10.6 Å². The maximum Gasteiger partial charge on any atom is 0.319 e. The summed E-state index contributed by atoms with van der Waals surface area (Å²) < 4.78 is 23.3. The molecule has 0 aliphatic heterocycles. The van der Waals surface area contributed by atoms with Gasteiger partial charge < -0.3 is 16.0 Å². The lowest BCUT2D eigenvalue weighted by Crippen LogP contribution is -2.46. The van der Waals surface area contributed by atoms with Gasteiger partial charge in [0.15, 0.2) is 9.84 Å². The summed E-state index contributed by atoms with van der Waals surface area (Å²) in [4.78, 5) is 23.6. The number of para-hydroxylation sites is 1. The van der Waals surface area contributed by atoms with Gasteiger partial charge in [-0.15, -0.1) is 0 Å². The van der Waals surface area contributed by atoms with Gasteiger partial charge in [-0.05, 0) is 25.5 Å². The number of carbonyl (C=O) groups excluding carboxylic acids is 2. The van der Waals surface area contributed by atoms with Gasteiger partial charge in [-0.1, -0.05) is 19.1 Å². The van der Waals surface area contributed by atoms with Gasteiger partial charge in [0.2, 0.25) is 5.91 Å². The topological polar surface area (TPSA) is 104 Å². The van der Waals surface area contributed by atoms with Crippen LogP contribution in [0.15, 0.2) is 29.2 Å².